The smallest absolute Gasteiger partial charge is 0.247 e. The summed E-state index contributed by atoms with van der Waals surface area (Å²) in [4.78, 5) is 93.6. The standard InChI is InChI=1S/C56H62N8O7/c1-36-29-49-54(68)63-50(40-19-9-4-10-20-40)55(69)61-47(32-41-33-58-44-22-12-11-21-43(41)44)53(67)59-45(23-13-14-28-57)51(65)60-46(30-38-24-26-42(27-25-38)71-35-39-17-7-3-8-18-39)52(66)62-48(56(70)64(49)34-36)31-37-15-5-2-6-16-37/h2-12,15-22,24-27,33,36,45-50,58H,13-14,23,28-32,34-35,57H2,1H3,(H,59,67)(H,60,65)(H,61,69)(H,62,66)(H,63,68)/t36-,45+,46+,47-,48+,49+,50+/m1/s1. The van der Waals surface area contributed by atoms with E-state index in [1.165, 1.54) is 4.90 Å². The van der Waals surface area contributed by atoms with Crippen LogP contribution in [-0.4, -0.2) is 88.6 Å². The molecule has 3 heterocycles. The van der Waals surface area contributed by atoms with Crippen LogP contribution in [-0.2, 0) is 54.6 Å². The molecule has 0 spiro atoms. The summed E-state index contributed by atoms with van der Waals surface area (Å²) in [5.74, 6) is -3.11. The van der Waals surface area contributed by atoms with Crippen molar-refractivity contribution < 1.29 is 33.5 Å². The van der Waals surface area contributed by atoms with Gasteiger partial charge in [-0.05, 0) is 84.2 Å². The minimum absolute atomic E-state index is 0.0121. The number of hydrogen-bond acceptors (Lipinski definition) is 8. The number of fused-ring (bicyclic) bond motifs is 2. The van der Waals surface area contributed by atoms with Gasteiger partial charge in [0.15, 0.2) is 0 Å². The van der Waals surface area contributed by atoms with Gasteiger partial charge in [0.25, 0.3) is 0 Å². The molecule has 1 aromatic heterocycles. The zero-order chi connectivity index (χ0) is 49.7. The summed E-state index contributed by atoms with van der Waals surface area (Å²) in [5.41, 5.74) is 10.4. The highest BCUT2D eigenvalue weighted by molar-refractivity contribution is 5.99. The van der Waals surface area contributed by atoms with Crippen molar-refractivity contribution in [3.05, 3.63) is 174 Å². The molecule has 2 aliphatic heterocycles. The Labute approximate surface area is 413 Å². The van der Waals surface area contributed by atoms with Crippen molar-refractivity contribution in [2.45, 2.75) is 94.7 Å². The normalized spacial score (nSPS) is 22.6. The molecule has 6 amide bonds. The van der Waals surface area contributed by atoms with Crippen LogP contribution in [0, 0.1) is 5.92 Å². The van der Waals surface area contributed by atoms with E-state index in [-0.39, 0.29) is 38.1 Å². The molecule has 7 atom stereocenters. The van der Waals surface area contributed by atoms with Gasteiger partial charge < -0.3 is 46.9 Å². The highest BCUT2D eigenvalue weighted by Gasteiger charge is 2.43. The Kier molecular flexibility index (Phi) is 16.6. The number of ether oxygens (including phenoxy) is 1. The number of carbonyl (C=O) groups is 6. The van der Waals surface area contributed by atoms with Gasteiger partial charge in [-0.15, -0.1) is 0 Å². The minimum Gasteiger partial charge on any atom is -0.489 e. The molecule has 8 rings (SSSR count). The van der Waals surface area contributed by atoms with Crippen molar-refractivity contribution >= 4 is 46.3 Å². The summed E-state index contributed by atoms with van der Waals surface area (Å²) in [6.07, 6.45) is 3.37. The van der Waals surface area contributed by atoms with Crippen LogP contribution < -0.4 is 37.1 Å². The van der Waals surface area contributed by atoms with Crippen molar-refractivity contribution in [3.8, 4) is 5.75 Å². The molecule has 2 fully saturated rings. The van der Waals surface area contributed by atoms with Gasteiger partial charge in [-0.2, -0.15) is 0 Å². The molecule has 6 aromatic rings. The molecular weight excluding hydrogens is 897 g/mol. The van der Waals surface area contributed by atoms with Crippen LogP contribution >= 0.6 is 0 Å². The van der Waals surface area contributed by atoms with E-state index in [9.17, 15) is 24.0 Å². The number of carbonyl (C=O) groups excluding carboxylic acids is 6. The van der Waals surface area contributed by atoms with Crippen molar-refractivity contribution in [1.82, 2.24) is 36.5 Å². The highest BCUT2D eigenvalue weighted by atomic mass is 16.5. The summed E-state index contributed by atoms with van der Waals surface area (Å²) >= 11 is 0. The minimum atomic E-state index is -1.28. The van der Waals surface area contributed by atoms with E-state index in [0.717, 1.165) is 27.6 Å². The summed E-state index contributed by atoms with van der Waals surface area (Å²) in [6.45, 7) is 2.86. The van der Waals surface area contributed by atoms with Crippen LogP contribution in [0.15, 0.2) is 146 Å². The van der Waals surface area contributed by atoms with Crippen LogP contribution in [0.2, 0.25) is 0 Å². The fourth-order valence-corrected chi connectivity index (χ4v) is 9.44. The molecule has 368 valence electrons. The maximum atomic E-state index is 15.0. The second kappa shape index (κ2) is 23.7. The Morgan fingerprint density at radius 1 is 0.563 bits per heavy atom. The van der Waals surface area contributed by atoms with E-state index in [4.69, 9.17) is 10.5 Å². The molecule has 0 aliphatic carbocycles. The largest absolute Gasteiger partial charge is 0.489 e. The summed E-state index contributed by atoms with van der Waals surface area (Å²) in [6, 6.07) is 35.4. The van der Waals surface area contributed by atoms with Gasteiger partial charge in [0.05, 0.1) is 0 Å². The third kappa shape index (κ3) is 12.9. The summed E-state index contributed by atoms with van der Waals surface area (Å²) in [5, 5.41) is 15.6. The maximum absolute atomic E-state index is 15.0. The molecule has 0 bridgehead atoms. The van der Waals surface area contributed by atoms with Gasteiger partial charge in [0.1, 0.15) is 48.6 Å². The SMILES string of the molecule is C[C@@H]1C[C@H]2C(=O)N[C@@H](c3ccccc3)C(=O)N[C@H](Cc3c[nH]c4ccccc34)C(=O)N[C@@H](CCCCN)C(=O)N[C@@H](Cc3ccc(OCc4ccccc4)cc3)C(=O)N[C@@H](Cc3ccccc3)C(=O)N2C1. The van der Waals surface area contributed by atoms with Crippen LogP contribution in [0.5, 0.6) is 5.75 Å². The average Bonchev–Trinajstić information content (AvgIpc) is 4.00. The van der Waals surface area contributed by atoms with Gasteiger partial charge >= 0.3 is 0 Å². The molecule has 2 aliphatic rings. The highest BCUT2D eigenvalue weighted by Crippen LogP contribution is 2.27. The molecule has 15 nitrogen and oxygen atoms in total. The summed E-state index contributed by atoms with van der Waals surface area (Å²) in [7, 11) is 0. The second-order valence-electron chi connectivity index (χ2n) is 18.6. The fourth-order valence-electron chi connectivity index (χ4n) is 9.44. The van der Waals surface area contributed by atoms with Crippen molar-refractivity contribution in [2.24, 2.45) is 11.7 Å². The number of benzene rings is 5. The van der Waals surface area contributed by atoms with Gasteiger partial charge in [0, 0.05) is 42.9 Å². The van der Waals surface area contributed by atoms with E-state index < -0.39 is 71.7 Å². The zero-order valence-electron chi connectivity index (χ0n) is 39.9. The molecule has 0 saturated carbocycles. The third-order valence-electron chi connectivity index (χ3n) is 13.2. The Hall–Kier alpha value is -7.78. The maximum Gasteiger partial charge on any atom is 0.247 e. The Morgan fingerprint density at radius 3 is 1.83 bits per heavy atom. The van der Waals surface area contributed by atoms with Crippen molar-refractivity contribution in [1.29, 1.82) is 0 Å². The number of aromatic nitrogens is 1. The van der Waals surface area contributed by atoms with E-state index >= 15 is 4.79 Å². The molecule has 8 N–H and O–H groups in total. The van der Waals surface area contributed by atoms with E-state index in [2.05, 4.69) is 31.6 Å². The molecule has 15 heteroatoms. The number of nitrogens with two attached hydrogens (primary N) is 1. The number of nitrogens with one attached hydrogen (secondary N) is 6. The zero-order valence-corrected chi connectivity index (χ0v) is 39.9. The number of amides is 6. The van der Waals surface area contributed by atoms with Crippen LogP contribution in [0.25, 0.3) is 10.9 Å². The first-order valence-corrected chi connectivity index (χ1v) is 24.4. The molecule has 71 heavy (non-hydrogen) atoms. The monoisotopic (exact) mass is 958 g/mol. The quantitative estimate of drug-likeness (QED) is 0.0740. The fraction of sp³-hybridized carbons (Fsp3) is 0.321. The first-order valence-electron chi connectivity index (χ1n) is 24.4. The predicted octanol–water partition coefficient (Wildman–Crippen LogP) is 4.95. The molecular formula is C56H62N8O7. The number of nitrogens with zero attached hydrogens (tertiary/aromatic N) is 1. The van der Waals surface area contributed by atoms with E-state index in [1.807, 2.05) is 104 Å². The number of para-hydroxylation sites is 1. The first kappa shape index (κ1) is 49.6. The second-order valence-corrected chi connectivity index (χ2v) is 18.6. The van der Waals surface area contributed by atoms with Crippen LogP contribution in [0.1, 0.15) is 66.5 Å². The van der Waals surface area contributed by atoms with Gasteiger partial charge in [0.2, 0.25) is 35.4 Å². The number of rotatable bonds is 14. The molecule has 5 aromatic carbocycles. The first-order chi connectivity index (χ1) is 34.5. The van der Waals surface area contributed by atoms with Crippen LogP contribution in [0.4, 0.5) is 0 Å². The third-order valence-corrected chi connectivity index (χ3v) is 13.2. The lowest BCUT2D eigenvalue weighted by Gasteiger charge is -2.32. The average molecular weight is 959 g/mol. The topological polar surface area (TPSA) is 217 Å². The van der Waals surface area contributed by atoms with Crippen molar-refractivity contribution in [3.63, 3.8) is 0 Å². The van der Waals surface area contributed by atoms with E-state index in [0.29, 0.717) is 49.3 Å². The number of H-pyrrole nitrogens is 1. The van der Waals surface area contributed by atoms with Gasteiger partial charge in [-0.25, -0.2) is 0 Å². The lowest BCUT2D eigenvalue weighted by atomic mass is 9.99. The lowest BCUT2D eigenvalue weighted by Crippen LogP contribution is -2.61. The Bertz CT molecular complexity index is 2770. The van der Waals surface area contributed by atoms with Crippen LogP contribution in [0.3, 0.4) is 0 Å². The number of unbranched alkanes of at least 4 members (excludes halogenated alkanes) is 1. The molecule has 0 radical (unpaired) electrons. The van der Waals surface area contributed by atoms with Crippen molar-refractivity contribution in [2.75, 3.05) is 13.1 Å². The lowest BCUT2D eigenvalue weighted by molar-refractivity contribution is -0.142. The molecule has 2 saturated heterocycles. The Balaban J connectivity index is 1.17. The van der Waals surface area contributed by atoms with Gasteiger partial charge in [-0.1, -0.05) is 128 Å². The Morgan fingerprint density at radius 2 is 1.13 bits per heavy atom. The predicted molar refractivity (Wildman–Crippen MR) is 270 cm³/mol. The molecule has 0 unspecified atom stereocenters. The summed E-state index contributed by atoms with van der Waals surface area (Å²) < 4.78 is 6.03. The van der Waals surface area contributed by atoms with Gasteiger partial charge in [-0.3, -0.25) is 28.8 Å². The number of aromatic amines is 1. The van der Waals surface area contributed by atoms with E-state index in [1.54, 1.807) is 48.7 Å². The number of hydrogen-bond donors (Lipinski definition) is 7.